The average Bonchev–Trinajstić information content (AvgIpc) is 3.09. The molecule has 0 unspecified atom stereocenters. The highest BCUT2D eigenvalue weighted by molar-refractivity contribution is 7.09. The summed E-state index contributed by atoms with van der Waals surface area (Å²) in [5.74, 6) is -1.19. The van der Waals surface area contributed by atoms with Crippen molar-refractivity contribution in [1.29, 1.82) is 0 Å². The molecule has 3 rings (SSSR count). The molecule has 0 aliphatic carbocycles. The van der Waals surface area contributed by atoms with Crippen LogP contribution in [-0.4, -0.2) is 39.5 Å². The second kappa shape index (κ2) is 7.97. The molecule has 1 aliphatic heterocycles. The third-order valence-electron chi connectivity index (χ3n) is 4.52. The standard InChI is InChI=1S/C19H22N2O4S/c1-3-25-12(2)18-20-15(11-26-18)9-17(22)21-10-14-7-5-4-6-13(14)8-16(21)19(23)24/h4-7,11-12,16H,3,8-10H2,1-2H3,(H,23,24)/t12-,16+/m0/s1. The monoisotopic (exact) mass is 374 g/mol. The second-order valence-electron chi connectivity index (χ2n) is 6.30. The molecule has 0 saturated heterocycles. The lowest BCUT2D eigenvalue weighted by atomic mass is 9.93. The van der Waals surface area contributed by atoms with E-state index in [1.165, 1.54) is 16.2 Å². The number of amides is 1. The zero-order valence-corrected chi connectivity index (χ0v) is 15.7. The number of benzene rings is 1. The number of carbonyl (C=O) groups is 2. The van der Waals surface area contributed by atoms with Gasteiger partial charge in [0.2, 0.25) is 5.91 Å². The topological polar surface area (TPSA) is 79.7 Å². The van der Waals surface area contributed by atoms with Crippen LogP contribution in [0.4, 0.5) is 0 Å². The fourth-order valence-corrected chi connectivity index (χ4v) is 4.00. The van der Waals surface area contributed by atoms with Gasteiger partial charge in [0, 0.05) is 25.0 Å². The Kier molecular flexibility index (Phi) is 5.68. The van der Waals surface area contributed by atoms with Crippen molar-refractivity contribution in [2.45, 2.75) is 45.4 Å². The van der Waals surface area contributed by atoms with Gasteiger partial charge in [-0.1, -0.05) is 24.3 Å². The van der Waals surface area contributed by atoms with E-state index < -0.39 is 12.0 Å². The van der Waals surface area contributed by atoms with Crippen molar-refractivity contribution in [2.75, 3.05) is 6.61 Å². The van der Waals surface area contributed by atoms with Crippen LogP contribution in [0, 0.1) is 0 Å². The van der Waals surface area contributed by atoms with E-state index in [0.29, 0.717) is 25.3 Å². The predicted molar refractivity (Wildman–Crippen MR) is 98.0 cm³/mol. The molecule has 6 nitrogen and oxygen atoms in total. The van der Waals surface area contributed by atoms with Crippen molar-refractivity contribution in [3.63, 3.8) is 0 Å². The molecule has 26 heavy (non-hydrogen) atoms. The molecule has 7 heteroatoms. The summed E-state index contributed by atoms with van der Waals surface area (Å²) < 4.78 is 5.52. The fraction of sp³-hybridized carbons (Fsp3) is 0.421. The van der Waals surface area contributed by atoms with Crippen LogP contribution >= 0.6 is 11.3 Å². The number of ether oxygens (including phenoxy) is 1. The van der Waals surface area contributed by atoms with Gasteiger partial charge in [-0.15, -0.1) is 11.3 Å². The van der Waals surface area contributed by atoms with Crippen LogP contribution < -0.4 is 0 Å². The molecule has 0 bridgehead atoms. The molecule has 1 aromatic heterocycles. The molecule has 0 spiro atoms. The van der Waals surface area contributed by atoms with E-state index >= 15 is 0 Å². The zero-order chi connectivity index (χ0) is 18.7. The maximum absolute atomic E-state index is 12.8. The molecule has 1 N–H and O–H groups in total. The van der Waals surface area contributed by atoms with Crippen LogP contribution in [0.15, 0.2) is 29.6 Å². The molecule has 138 valence electrons. The van der Waals surface area contributed by atoms with Gasteiger partial charge in [-0.05, 0) is 25.0 Å². The van der Waals surface area contributed by atoms with E-state index in [1.54, 1.807) is 0 Å². The largest absolute Gasteiger partial charge is 0.480 e. The summed E-state index contributed by atoms with van der Waals surface area (Å²) in [6.45, 7) is 4.77. The molecule has 2 aromatic rings. The summed E-state index contributed by atoms with van der Waals surface area (Å²) in [5, 5.41) is 12.2. The minimum atomic E-state index is -0.975. The minimum absolute atomic E-state index is 0.0985. The van der Waals surface area contributed by atoms with Crippen LogP contribution in [0.2, 0.25) is 0 Å². The highest BCUT2D eigenvalue weighted by Gasteiger charge is 2.34. The number of nitrogens with zero attached hydrogens (tertiary/aromatic N) is 2. The third-order valence-corrected chi connectivity index (χ3v) is 5.57. The zero-order valence-electron chi connectivity index (χ0n) is 14.8. The van der Waals surface area contributed by atoms with Crippen molar-refractivity contribution in [3.8, 4) is 0 Å². The Morgan fingerprint density at radius 1 is 1.38 bits per heavy atom. The lowest BCUT2D eigenvalue weighted by Gasteiger charge is -2.34. The molecule has 0 saturated carbocycles. The number of thiazole rings is 1. The van der Waals surface area contributed by atoms with Gasteiger partial charge in [0.25, 0.3) is 0 Å². The van der Waals surface area contributed by atoms with Gasteiger partial charge < -0.3 is 14.7 Å². The number of aromatic nitrogens is 1. The van der Waals surface area contributed by atoms with Gasteiger partial charge >= 0.3 is 5.97 Å². The molecule has 2 heterocycles. The Morgan fingerprint density at radius 3 is 2.81 bits per heavy atom. The van der Waals surface area contributed by atoms with Gasteiger partial charge in [0.1, 0.15) is 17.2 Å². The summed E-state index contributed by atoms with van der Waals surface area (Å²) in [6, 6.07) is 6.83. The molecule has 0 radical (unpaired) electrons. The molecule has 2 atom stereocenters. The number of aliphatic carboxylic acids is 1. The fourth-order valence-electron chi connectivity index (χ4n) is 3.17. The van der Waals surface area contributed by atoms with E-state index in [2.05, 4.69) is 4.98 Å². The van der Waals surface area contributed by atoms with Gasteiger partial charge in [-0.3, -0.25) is 4.79 Å². The smallest absolute Gasteiger partial charge is 0.326 e. The predicted octanol–water partition coefficient (Wildman–Crippen LogP) is 2.82. The van der Waals surface area contributed by atoms with E-state index in [1.807, 2.05) is 43.5 Å². The van der Waals surface area contributed by atoms with Gasteiger partial charge in [0.05, 0.1) is 12.1 Å². The van der Waals surface area contributed by atoms with Crippen molar-refractivity contribution in [2.24, 2.45) is 0 Å². The van der Waals surface area contributed by atoms with E-state index in [4.69, 9.17) is 4.74 Å². The first-order valence-corrected chi connectivity index (χ1v) is 9.52. The Labute approximate surface area is 156 Å². The van der Waals surface area contributed by atoms with Gasteiger partial charge in [-0.2, -0.15) is 0 Å². The number of fused-ring (bicyclic) bond motifs is 1. The molecule has 0 fully saturated rings. The van der Waals surface area contributed by atoms with Crippen molar-refractivity contribution in [1.82, 2.24) is 9.88 Å². The SMILES string of the molecule is CCO[C@@H](C)c1nc(CC(=O)N2Cc3ccccc3C[C@@H]2C(=O)O)cs1. The Hall–Kier alpha value is -2.25. The summed E-state index contributed by atoms with van der Waals surface area (Å²) in [7, 11) is 0. The van der Waals surface area contributed by atoms with Gasteiger partial charge in [-0.25, -0.2) is 9.78 Å². The maximum Gasteiger partial charge on any atom is 0.326 e. The van der Waals surface area contributed by atoms with Crippen molar-refractivity contribution >= 4 is 23.2 Å². The van der Waals surface area contributed by atoms with Crippen LogP contribution in [0.5, 0.6) is 0 Å². The Morgan fingerprint density at radius 2 is 2.12 bits per heavy atom. The van der Waals surface area contributed by atoms with Crippen LogP contribution in [-0.2, 0) is 33.7 Å². The number of hydrogen-bond donors (Lipinski definition) is 1. The normalized spacial score (nSPS) is 17.6. The van der Waals surface area contributed by atoms with Crippen molar-refractivity contribution in [3.05, 3.63) is 51.5 Å². The molecular weight excluding hydrogens is 352 g/mol. The first kappa shape index (κ1) is 18.5. The first-order valence-electron chi connectivity index (χ1n) is 8.64. The summed E-state index contributed by atoms with van der Waals surface area (Å²) in [4.78, 5) is 30.4. The quantitative estimate of drug-likeness (QED) is 0.841. The lowest BCUT2D eigenvalue weighted by Crippen LogP contribution is -2.49. The molecule has 1 aliphatic rings. The van der Waals surface area contributed by atoms with Crippen molar-refractivity contribution < 1.29 is 19.4 Å². The number of carbonyl (C=O) groups excluding carboxylic acids is 1. The van der Waals surface area contributed by atoms with Crippen LogP contribution in [0.1, 0.15) is 41.8 Å². The first-order chi connectivity index (χ1) is 12.5. The molecular formula is C19H22N2O4S. The lowest BCUT2D eigenvalue weighted by molar-refractivity contribution is -0.151. The number of hydrogen-bond acceptors (Lipinski definition) is 5. The summed E-state index contributed by atoms with van der Waals surface area (Å²) in [5.41, 5.74) is 2.65. The highest BCUT2D eigenvalue weighted by atomic mass is 32.1. The van der Waals surface area contributed by atoms with E-state index in [0.717, 1.165) is 16.1 Å². The van der Waals surface area contributed by atoms with E-state index in [9.17, 15) is 14.7 Å². The molecule has 1 amide bonds. The van der Waals surface area contributed by atoms with Crippen LogP contribution in [0.25, 0.3) is 0 Å². The minimum Gasteiger partial charge on any atom is -0.480 e. The Bertz CT molecular complexity index is 804. The molecule has 1 aromatic carbocycles. The van der Waals surface area contributed by atoms with Crippen LogP contribution in [0.3, 0.4) is 0 Å². The van der Waals surface area contributed by atoms with E-state index in [-0.39, 0.29) is 18.4 Å². The maximum atomic E-state index is 12.8. The van der Waals surface area contributed by atoms with Gasteiger partial charge in [0.15, 0.2) is 0 Å². The summed E-state index contributed by atoms with van der Waals surface area (Å²) in [6.07, 6.45) is 0.324. The second-order valence-corrected chi connectivity index (χ2v) is 7.19. The Balaban J connectivity index is 1.75. The highest BCUT2D eigenvalue weighted by Crippen LogP contribution is 2.25. The summed E-state index contributed by atoms with van der Waals surface area (Å²) >= 11 is 1.46. The third kappa shape index (κ3) is 3.94. The number of carboxylic acid groups (broad SMARTS) is 1. The number of rotatable bonds is 6. The number of carboxylic acids is 1. The average molecular weight is 374 g/mol.